The van der Waals surface area contributed by atoms with E-state index in [1.807, 2.05) is 6.07 Å². The molecule has 0 radical (unpaired) electrons. The molecular formula is C17H10Br2FN3O4. The minimum Gasteiger partial charge on any atom is -0.480 e. The predicted octanol–water partition coefficient (Wildman–Crippen LogP) is 4.82. The maximum Gasteiger partial charge on any atom is 0.306 e. The van der Waals surface area contributed by atoms with Crippen LogP contribution in [-0.2, 0) is 4.79 Å². The molecule has 1 aromatic heterocycles. The number of nitro benzene ring substituents is 1. The number of hydrogen-bond acceptors (Lipinski definition) is 5. The molecule has 0 bridgehead atoms. The van der Waals surface area contributed by atoms with Gasteiger partial charge in [0.15, 0.2) is 12.4 Å². The van der Waals surface area contributed by atoms with Crippen LogP contribution in [0.3, 0.4) is 0 Å². The minimum absolute atomic E-state index is 0.0922. The number of ether oxygens (including phenoxy) is 1. The zero-order valence-electron chi connectivity index (χ0n) is 13.4. The van der Waals surface area contributed by atoms with Crippen molar-refractivity contribution in [3.8, 4) is 5.75 Å². The van der Waals surface area contributed by atoms with Crippen molar-refractivity contribution in [2.45, 2.75) is 0 Å². The lowest BCUT2D eigenvalue weighted by molar-refractivity contribution is -0.387. The summed E-state index contributed by atoms with van der Waals surface area (Å²) < 4.78 is 20.4. The normalized spacial score (nSPS) is 10.6. The number of anilines is 1. The summed E-state index contributed by atoms with van der Waals surface area (Å²) >= 11 is 6.82. The van der Waals surface area contributed by atoms with Crippen LogP contribution in [0.4, 0.5) is 15.8 Å². The van der Waals surface area contributed by atoms with E-state index in [1.165, 1.54) is 6.07 Å². The highest BCUT2D eigenvalue weighted by Gasteiger charge is 2.17. The first kappa shape index (κ1) is 19.2. The van der Waals surface area contributed by atoms with Crippen molar-refractivity contribution in [2.24, 2.45) is 0 Å². The van der Waals surface area contributed by atoms with Crippen LogP contribution in [0.5, 0.6) is 5.75 Å². The fourth-order valence-corrected chi connectivity index (χ4v) is 3.74. The molecule has 0 aliphatic carbocycles. The van der Waals surface area contributed by atoms with Crippen LogP contribution < -0.4 is 10.1 Å². The number of benzene rings is 2. The van der Waals surface area contributed by atoms with Gasteiger partial charge in [-0.2, -0.15) is 4.39 Å². The Balaban J connectivity index is 1.76. The molecule has 0 fully saturated rings. The van der Waals surface area contributed by atoms with Gasteiger partial charge in [0.25, 0.3) is 5.91 Å². The third-order valence-corrected chi connectivity index (χ3v) is 4.77. The molecule has 7 nitrogen and oxygen atoms in total. The Morgan fingerprint density at radius 2 is 2.04 bits per heavy atom. The molecule has 3 rings (SSSR count). The van der Waals surface area contributed by atoms with Crippen LogP contribution in [0.1, 0.15) is 0 Å². The van der Waals surface area contributed by atoms with Crippen molar-refractivity contribution in [1.82, 2.24) is 4.98 Å². The average molecular weight is 499 g/mol. The van der Waals surface area contributed by atoms with Crippen LogP contribution in [0.2, 0.25) is 0 Å². The number of nitrogens with zero attached hydrogens (tertiary/aromatic N) is 2. The summed E-state index contributed by atoms with van der Waals surface area (Å²) in [6.45, 7) is -0.364. The van der Waals surface area contributed by atoms with Gasteiger partial charge in [0.05, 0.1) is 9.40 Å². The number of nitro groups is 1. The Morgan fingerprint density at radius 1 is 1.26 bits per heavy atom. The van der Waals surface area contributed by atoms with Gasteiger partial charge in [0.1, 0.15) is 5.52 Å². The van der Waals surface area contributed by atoms with Crippen molar-refractivity contribution in [3.63, 3.8) is 0 Å². The third kappa shape index (κ3) is 4.22. The van der Waals surface area contributed by atoms with Crippen molar-refractivity contribution in [2.75, 3.05) is 11.9 Å². The number of pyridine rings is 1. The van der Waals surface area contributed by atoms with Gasteiger partial charge in [-0.1, -0.05) is 22.0 Å². The largest absolute Gasteiger partial charge is 0.480 e. The Labute approximate surface area is 168 Å². The molecule has 0 spiro atoms. The number of amides is 1. The summed E-state index contributed by atoms with van der Waals surface area (Å²) in [7, 11) is 0. The van der Waals surface area contributed by atoms with Gasteiger partial charge in [-0.25, -0.2) is 0 Å². The van der Waals surface area contributed by atoms with Crippen LogP contribution in [-0.4, -0.2) is 22.4 Å². The topological polar surface area (TPSA) is 94.4 Å². The zero-order valence-corrected chi connectivity index (χ0v) is 16.6. The molecule has 0 saturated heterocycles. The maximum absolute atomic E-state index is 13.4. The third-order valence-electron chi connectivity index (χ3n) is 3.52. The van der Waals surface area contributed by atoms with Crippen molar-refractivity contribution in [3.05, 3.63) is 67.5 Å². The summed E-state index contributed by atoms with van der Waals surface area (Å²) in [5.74, 6) is -1.16. The summed E-state index contributed by atoms with van der Waals surface area (Å²) in [6.07, 6.45) is 1.60. The molecule has 0 aliphatic rings. The van der Waals surface area contributed by atoms with Gasteiger partial charge in [0.2, 0.25) is 5.82 Å². The van der Waals surface area contributed by atoms with Crippen LogP contribution in [0.25, 0.3) is 10.9 Å². The molecule has 10 heteroatoms. The lowest BCUT2D eigenvalue weighted by Gasteiger charge is -2.12. The number of aromatic nitrogens is 1. The predicted molar refractivity (Wildman–Crippen MR) is 104 cm³/mol. The highest BCUT2D eigenvalue weighted by molar-refractivity contribution is 9.11. The first-order valence-electron chi connectivity index (χ1n) is 7.46. The van der Waals surface area contributed by atoms with E-state index in [9.17, 15) is 19.3 Å². The molecule has 27 heavy (non-hydrogen) atoms. The number of rotatable bonds is 5. The van der Waals surface area contributed by atoms with Gasteiger partial charge in [-0.15, -0.1) is 0 Å². The molecule has 1 N–H and O–H groups in total. The number of nitrogens with one attached hydrogen (secondary N) is 1. The molecule has 0 aliphatic heterocycles. The van der Waals surface area contributed by atoms with Gasteiger partial charge < -0.3 is 10.1 Å². The minimum atomic E-state index is -0.981. The van der Waals surface area contributed by atoms with E-state index in [4.69, 9.17) is 4.74 Å². The number of fused-ring (bicyclic) bond motifs is 1. The Hall–Kier alpha value is -2.59. The number of halogens is 3. The zero-order chi connectivity index (χ0) is 19.6. The van der Waals surface area contributed by atoms with Crippen molar-refractivity contribution < 1.29 is 18.8 Å². The first-order chi connectivity index (χ1) is 12.9. The summed E-state index contributed by atoms with van der Waals surface area (Å²) in [6, 6.07) is 8.49. The summed E-state index contributed by atoms with van der Waals surface area (Å²) in [5, 5.41) is 14.0. The maximum atomic E-state index is 13.4. The van der Waals surface area contributed by atoms with Gasteiger partial charge in [-0.3, -0.25) is 19.9 Å². The number of carbonyl (C=O) groups excluding carboxylic acids is 1. The van der Waals surface area contributed by atoms with Gasteiger partial charge in [-0.05, 0) is 40.2 Å². The first-order valence-corrected chi connectivity index (χ1v) is 9.04. The standard InChI is InChI=1S/C17H10Br2FN3O4/c18-11-7-12(19)17(16-10(11)2-1-5-21-16)27-8-15(24)22-9-3-4-13(20)14(6-9)23(25)26/h1-7H,8H2,(H,22,24). The van der Waals surface area contributed by atoms with Crippen LogP contribution in [0, 0.1) is 15.9 Å². The van der Waals surface area contributed by atoms with Crippen LogP contribution >= 0.6 is 31.9 Å². The Kier molecular flexibility index (Phi) is 5.66. The molecular weight excluding hydrogens is 489 g/mol. The van der Waals surface area contributed by atoms with Crippen LogP contribution in [0.15, 0.2) is 51.5 Å². The average Bonchev–Trinajstić information content (AvgIpc) is 2.63. The van der Waals surface area contributed by atoms with E-state index in [0.29, 0.717) is 15.7 Å². The fourth-order valence-electron chi connectivity index (χ4n) is 2.35. The summed E-state index contributed by atoms with van der Waals surface area (Å²) in [4.78, 5) is 26.3. The Bertz CT molecular complexity index is 1060. The van der Waals surface area contributed by atoms with E-state index < -0.39 is 22.3 Å². The molecule has 0 saturated carbocycles. The second kappa shape index (κ2) is 7.97. The van der Waals surface area contributed by atoms with Crippen molar-refractivity contribution >= 4 is 60.0 Å². The highest BCUT2D eigenvalue weighted by Crippen LogP contribution is 2.37. The summed E-state index contributed by atoms with van der Waals surface area (Å²) in [5.41, 5.74) is -0.0712. The lowest BCUT2D eigenvalue weighted by atomic mass is 10.2. The quantitative estimate of drug-likeness (QED) is 0.401. The number of carbonyl (C=O) groups is 1. The van der Waals surface area contributed by atoms with E-state index in [1.54, 1.807) is 18.3 Å². The second-order valence-corrected chi connectivity index (χ2v) is 7.04. The SMILES string of the molecule is O=C(COc1c(Br)cc(Br)c2cccnc12)Nc1ccc(F)c([N+](=O)[O-])c1. The lowest BCUT2D eigenvalue weighted by Crippen LogP contribution is -2.20. The van der Waals surface area contributed by atoms with Crippen molar-refractivity contribution in [1.29, 1.82) is 0 Å². The van der Waals surface area contributed by atoms with Gasteiger partial charge in [0, 0.05) is 27.8 Å². The molecule has 0 atom stereocenters. The fraction of sp³-hybridized carbons (Fsp3) is 0.0588. The Morgan fingerprint density at radius 3 is 2.78 bits per heavy atom. The molecule has 3 aromatic rings. The highest BCUT2D eigenvalue weighted by atomic mass is 79.9. The van der Waals surface area contributed by atoms with E-state index in [2.05, 4.69) is 42.2 Å². The molecule has 1 heterocycles. The smallest absolute Gasteiger partial charge is 0.306 e. The molecule has 138 valence electrons. The molecule has 2 aromatic carbocycles. The molecule has 1 amide bonds. The second-order valence-electron chi connectivity index (χ2n) is 5.33. The van der Waals surface area contributed by atoms with Gasteiger partial charge >= 0.3 is 5.69 Å². The van der Waals surface area contributed by atoms with E-state index >= 15 is 0 Å². The van der Waals surface area contributed by atoms with E-state index in [-0.39, 0.29) is 12.3 Å². The molecule has 0 unspecified atom stereocenters. The van der Waals surface area contributed by atoms with E-state index in [0.717, 1.165) is 22.0 Å². The number of hydrogen-bond donors (Lipinski definition) is 1. The monoisotopic (exact) mass is 497 g/mol.